The van der Waals surface area contributed by atoms with Gasteiger partial charge < -0.3 is 0 Å². The van der Waals surface area contributed by atoms with Gasteiger partial charge in [-0.15, -0.1) is 0 Å². The summed E-state index contributed by atoms with van der Waals surface area (Å²) in [5.41, 5.74) is 1.58. The molecule has 2 fully saturated rings. The molecule has 0 aliphatic heterocycles. The summed E-state index contributed by atoms with van der Waals surface area (Å²) < 4.78 is 0. The van der Waals surface area contributed by atoms with E-state index < -0.39 is 0 Å². The van der Waals surface area contributed by atoms with Gasteiger partial charge in [0, 0.05) is 0 Å². The van der Waals surface area contributed by atoms with Crippen LogP contribution in [0.3, 0.4) is 0 Å². The van der Waals surface area contributed by atoms with E-state index in [2.05, 4.69) is 55.4 Å². The Kier molecular flexibility index (Phi) is 25.9. The van der Waals surface area contributed by atoms with E-state index in [1.165, 1.54) is 51.4 Å². The third-order valence-electron chi connectivity index (χ3n) is 8.44. The lowest BCUT2D eigenvalue weighted by Crippen LogP contribution is -2.49. The van der Waals surface area contributed by atoms with Gasteiger partial charge in [-0.25, -0.2) is 0 Å². The van der Waals surface area contributed by atoms with Crippen LogP contribution in [0, 0.1) is 39.9 Å². The Morgan fingerprint density at radius 2 is 0.788 bits per heavy atom. The zero-order valence-corrected chi connectivity index (χ0v) is 27.5. The highest BCUT2D eigenvalue weighted by Gasteiger charge is 2.51. The molecule has 4 atom stereocenters. The molecule has 0 aromatic carbocycles. The van der Waals surface area contributed by atoms with Crippen molar-refractivity contribution < 1.29 is 0 Å². The molecule has 0 heteroatoms. The summed E-state index contributed by atoms with van der Waals surface area (Å²) >= 11 is 0. The highest BCUT2D eigenvalue weighted by molar-refractivity contribution is 5.00. The van der Waals surface area contributed by atoms with Gasteiger partial charge in [0.2, 0.25) is 0 Å². The fourth-order valence-corrected chi connectivity index (χ4v) is 7.15. The Morgan fingerprint density at radius 1 is 0.545 bits per heavy atom. The van der Waals surface area contributed by atoms with E-state index in [-0.39, 0.29) is 0 Å². The van der Waals surface area contributed by atoms with E-state index in [4.69, 9.17) is 0 Å². The van der Waals surface area contributed by atoms with Gasteiger partial charge in [-0.1, -0.05) is 150 Å². The largest absolute Gasteiger partial charge is 0.0683 e. The van der Waals surface area contributed by atoms with Crippen LogP contribution in [0.1, 0.15) is 176 Å². The van der Waals surface area contributed by atoms with Crippen molar-refractivity contribution in [2.24, 2.45) is 39.9 Å². The van der Waals surface area contributed by atoms with Crippen molar-refractivity contribution in [3.63, 3.8) is 0 Å². The molecule has 2 saturated carbocycles. The van der Waals surface area contributed by atoms with Crippen molar-refractivity contribution in [2.45, 2.75) is 176 Å². The first kappa shape index (κ1) is 40.2. The lowest BCUT2D eigenvalue weighted by Gasteiger charge is -2.57. The summed E-state index contributed by atoms with van der Waals surface area (Å²) in [5.74, 6) is 3.66. The van der Waals surface area contributed by atoms with Crippen molar-refractivity contribution in [3.05, 3.63) is 0 Å². The number of rotatable bonds is 4. The molecular weight excluding hydrogens is 396 g/mol. The van der Waals surface area contributed by atoms with Gasteiger partial charge in [0.15, 0.2) is 0 Å². The normalized spacial score (nSPS) is 27.1. The zero-order valence-electron chi connectivity index (χ0n) is 27.5. The first-order valence-corrected chi connectivity index (χ1v) is 15.6. The molecule has 4 unspecified atom stereocenters. The van der Waals surface area contributed by atoms with Crippen LogP contribution in [0.5, 0.6) is 0 Å². The van der Waals surface area contributed by atoms with Crippen LogP contribution in [-0.4, -0.2) is 0 Å². The van der Waals surface area contributed by atoms with Crippen LogP contribution in [0.2, 0.25) is 0 Å². The lowest BCUT2D eigenvalue weighted by atomic mass is 9.48. The predicted octanol–water partition coefficient (Wildman–Crippen LogP) is 12.8. The molecule has 0 heterocycles. The molecule has 0 saturated heterocycles. The number of hydrogen-bond donors (Lipinski definition) is 0. The minimum absolute atomic E-state index is 0.497. The molecule has 0 bridgehead atoms. The van der Waals surface area contributed by atoms with Crippen LogP contribution < -0.4 is 0 Å². The molecule has 0 N–H and O–H groups in total. The molecule has 2 aliphatic rings. The Balaban J connectivity index is -0.000000371. The maximum atomic E-state index is 2.65. The molecule has 0 aromatic rings. The van der Waals surface area contributed by atoms with Crippen molar-refractivity contribution in [1.82, 2.24) is 0 Å². The monoisotopic (exact) mass is 471 g/mol. The molecule has 0 spiro atoms. The highest BCUT2D eigenvalue weighted by atomic mass is 14.6. The zero-order chi connectivity index (χ0) is 27.5. The van der Waals surface area contributed by atoms with Gasteiger partial charge in [0.1, 0.15) is 0 Å². The van der Waals surface area contributed by atoms with E-state index in [0.717, 1.165) is 23.7 Å². The van der Waals surface area contributed by atoms with Crippen molar-refractivity contribution in [1.29, 1.82) is 0 Å². The lowest BCUT2D eigenvalue weighted by molar-refractivity contribution is -0.0801. The van der Waals surface area contributed by atoms with Crippen molar-refractivity contribution >= 4 is 0 Å². The van der Waals surface area contributed by atoms with Crippen LogP contribution in [0.15, 0.2) is 0 Å². The summed E-state index contributed by atoms with van der Waals surface area (Å²) in [5, 5.41) is 0. The molecule has 0 amide bonds. The highest BCUT2D eigenvalue weighted by Crippen LogP contribution is 2.59. The average Bonchev–Trinajstić information content (AvgIpc) is 2.84. The number of hydrogen-bond acceptors (Lipinski definition) is 0. The standard InChI is InChI=1S/C23H44.5C2H6/c1-9-17-19(13-11-15-21(17,3)4)23(7,8)20-14-12-16-22(5,6)18(20)10-2;5*1-2/h17-20H,9-16H2,1-8H3;5*1-2H3. The molecule has 2 rings (SSSR count). The minimum Gasteiger partial charge on any atom is -0.0683 e. The smallest absolute Gasteiger partial charge is 0.0292 e. The third-order valence-corrected chi connectivity index (χ3v) is 8.44. The second-order valence-electron chi connectivity index (χ2n) is 10.8. The average molecular weight is 471 g/mol. The van der Waals surface area contributed by atoms with E-state index in [0.29, 0.717) is 16.2 Å². The van der Waals surface area contributed by atoms with Gasteiger partial charge in [-0.05, 0) is 65.6 Å². The SMILES string of the molecule is CC.CC.CC.CC.CC.CCC1C(C(C)(C)C2CCCC(C)(C)C2CC)CCCC1(C)C. The first-order chi connectivity index (χ1) is 15.6. The topological polar surface area (TPSA) is 0 Å². The fourth-order valence-electron chi connectivity index (χ4n) is 7.15. The van der Waals surface area contributed by atoms with Gasteiger partial charge in [0.05, 0.1) is 0 Å². The summed E-state index contributed by atoms with van der Waals surface area (Å²) in [6, 6.07) is 0. The summed E-state index contributed by atoms with van der Waals surface area (Å²) in [4.78, 5) is 0. The molecule has 33 heavy (non-hydrogen) atoms. The summed E-state index contributed by atoms with van der Waals surface area (Å²) in [6.45, 7) is 40.4. The first-order valence-electron chi connectivity index (χ1n) is 15.6. The van der Waals surface area contributed by atoms with Crippen molar-refractivity contribution in [3.8, 4) is 0 Å². The Morgan fingerprint density at radius 3 is 1.00 bits per heavy atom. The summed E-state index contributed by atoms with van der Waals surface area (Å²) in [6.07, 6.45) is 11.5. The Labute approximate surface area is 215 Å². The van der Waals surface area contributed by atoms with Crippen LogP contribution >= 0.6 is 0 Å². The van der Waals surface area contributed by atoms with Gasteiger partial charge in [0.25, 0.3) is 0 Å². The van der Waals surface area contributed by atoms with Gasteiger partial charge >= 0.3 is 0 Å². The molecule has 2 aliphatic carbocycles. The van der Waals surface area contributed by atoms with Crippen molar-refractivity contribution in [2.75, 3.05) is 0 Å². The second-order valence-corrected chi connectivity index (χ2v) is 10.8. The van der Waals surface area contributed by atoms with E-state index in [1.54, 1.807) is 0 Å². The second kappa shape index (κ2) is 21.3. The maximum absolute atomic E-state index is 2.65. The van der Waals surface area contributed by atoms with E-state index in [1.807, 2.05) is 69.2 Å². The van der Waals surface area contributed by atoms with Crippen LogP contribution in [-0.2, 0) is 0 Å². The molecule has 0 nitrogen and oxygen atoms in total. The summed E-state index contributed by atoms with van der Waals surface area (Å²) in [7, 11) is 0. The Bertz CT molecular complexity index is 351. The molecule has 206 valence electrons. The maximum Gasteiger partial charge on any atom is -0.0292 e. The third kappa shape index (κ3) is 11.5. The molecule has 0 aromatic heterocycles. The van der Waals surface area contributed by atoms with E-state index >= 15 is 0 Å². The quantitative estimate of drug-likeness (QED) is 0.383. The van der Waals surface area contributed by atoms with Gasteiger partial charge in [-0.3, -0.25) is 0 Å². The Hall–Kier alpha value is 0. The van der Waals surface area contributed by atoms with E-state index in [9.17, 15) is 0 Å². The van der Waals surface area contributed by atoms with Crippen LogP contribution in [0.4, 0.5) is 0 Å². The van der Waals surface area contributed by atoms with Crippen LogP contribution in [0.25, 0.3) is 0 Å². The van der Waals surface area contributed by atoms with Gasteiger partial charge in [-0.2, -0.15) is 0 Å². The predicted molar refractivity (Wildman–Crippen MR) is 160 cm³/mol. The molecular formula is C33H74. The minimum atomic E-state index is 0.497. The molecule has 0 radical (unpaired) electrons. The fraction of sp³-hybridized carbons (Fsp3) is 1.00.